The van der Waals surface area contributed by atoms with Crippen LogP contribution in [0.5, 0.6) is 0 Å². The van der Waals surface area contributed by atoms with Crippen LogP contribution in [0.3, 0.4) is 0 Å². The molecule has 0 aliphatic heterocycles. The molecule has 0 spiro atoms. The highest BCUT2D eigenvalue weighted by Crippen LogP contribution is 2.11. The first-order chi connectivity index (χ1) is 6.74. The van der Waals surface area contributed by atoms with Gasteiger partial charge in [-0.05, 0) is 12.8 Å². The van der Waals surface area contributed by atoms with E-state index in [0.29, 0.717) is 6.42 Å². The van der Waals surface area contributed by atoms with Crippen LogP contribution in [0, 0.1) is 0 Å². The molecule has 0 rings (SSSR count). The number of unbranched alkanes of at least 4 members (excludes halogenated alkanes) is 1. The van der Waals surface area contributed by atoms with Crippen LogP contribution in [0.2, 0.25) is 0 Å². The predicted octanol–water partition coefficient (Wildman–Crippen LogP) is 3.46. The van der Waals surface area contributed by atoms with Crippen molar-refractivity contribution in [2.45, 2.75) is 58.5 Å². The molecular weight excluding hydrogens is 176 g/mol. The molecule has 0 radical (unpaired) electrons. The Morgan fingerprint density at radius 1 is 1.36 bits per heavy atom. The maximum absolute atomic E-state index is 11.2. The molecule has 0 aromatic carbocycles. The van der Waals surface area contributed by atoms with Gasteiger partial charge in [0.25, 0.3) is 0 Å². The molecule has 0 aliphatic rings. The van der Waals surface area contributed by atoms with E-state index in [-0.39, 0.29) is 12.1 Å². The molecule has 0 saturated heterocycles. The minimum absolute atomic E-state index is 0.118. The summed E-state index contributed by atoms with van der Waals surface area (Å²) in [5, 5.41) is 0. The molecule has 2 nitrogen and oxygen atoms in total. The summed E-state index contributed by atoms with van der Waals surface area (Å²) in [6.45, 7) is 7.77. The summed E-state index contributed by atoms with van der Waals surface area (Å²) < 4.78 is 5.32. The number of hydrogen-bond acceptors (Lipinski definition) is 2. The molecule has 14 heavy (non-hydrogen) atoms. The first-order valence-electron chi connectivity index (χ1n) is 5.54. The monoisotopic (exact) mass is 198 g/mol. The molecule has 0 fully saturated rings. The Hall–Kier alpha value is -0.790. The summed E-state index contributed by atoms with van der Waals surface area (Å²) in [4.78, 5) is 11.2. The number of esters is 1. The zero-order chi connectivity index (χ0) is 10.8. The van der Waals surface area contributed by atoms with Crippen molar-refractivity contribution in [1.82, 2.24) is 0 Å². The Bertz CT molecular complexity index is 164. The fourth-order valence-electron chi connectivity index (χ4n) is 1.37. The average molecular weight is 198 g/mol. The third-order valence-electron chi connectivity index (χ3n) is 2.10. The first-order valence-corrected chi connectivity index (χ1v) is 5.54. The highest BCUT2D eigenvalue weighted by atomic mass is 16.5. The molecule has 0 bridgehead atoms. The SMILES string of the molecule is C=CCC(=O)OC(CCC)CCCC. The van der Waals surface area contributed by atoms with Crippen LogP contribution in [0.1, 0.15) is 52.4 Å². The van der Waals surface area contributed by atoms with Crippen molar-refractivity contribution in [3.05, 3.63) is 12.7 Å². The number of hydrogen-bond donors (Lipinski definition) is 0. The number of rotatable bonds is 8. The topological polar surface area (TPSA) is 26.3 Å². The fourth-order valence-corrected chi connectivity index (χ4v) is 1.37. The normalized spacial score (nSPS) is 12.1. The summed E-state index contributed by atoms with van der Waals surface area (Å²) in [6, 6.07) is 0. The Morgan fingerprint density at radius 3 is 2.57 bits per heavy atom. The van der Waals surface area contributed by atoms with Crippen LogP contribution in [0.15, 0.2) is 12.7 Å². The van der Waals surface area contributed by atoms with Crippen molar-refractivity contribution in [2.24, 2.45) is 0 Å². The van der Waals surface area contributed by atoms with Crippen LogP contribution in [-0.4, -0.2) is 12.1 Å². The first kappa shape index (κ1) is 13.2. The second-order valence-corrected chi connectivity index (χ2v) is 3.54. The second kappa shape index (κ2) is 8.79. The van der Waals surface area contributed by atoms with Crippen molar-refractivity contribution in [3.8, 4) is 0 Å². The van der Waals surface area contributed by atoms with Crippen LogP contribution in [0.4, 0.5) is 0 Å². The molecule has 0 heterocycles. The smallest absolute Gasteiger partial charge is 0.309 e. The van der Waals surface area contributed by atoms with Gasteiger partial charge in [-0.25, -0.2) is 0 Å². The van der Waals surface area contributed by atoms with Crippen molar-refractivity contribution in [1.29, 1.82) is 0 Å². The van der Waals surface area contributed by atoms with E-state index in [2.05, 4.69) is 20.4 Å². The van der Waals surface area contributed by atoms with E-state index in [9.17, 15) is 4.79 Å². The van der Waals surface area contributed by atoms with Crippen molar-refractivity contribution in [2.75, 3.05) is 0 Å². The van der Waals surface area contributed by atoms with Crippen LogP contribution >= 0.6 is 0 Å². The van der Waals surface area contributed by atoms with Crippen molar-refractivity contribution < 1.29 is 9.53 Å². The van der Waals surface area contributed by atoms with Gasteiger partial charge in [-0.15, -0.1) is 6.58 Å². The van der Waals surface area contributed by atoms with Crippen molar-refractivity contribution in [3.63, 3.8) is 0 Å². The third-order valence-corrected chi connectivity index (χ3v) is 2.10. The minimum atomic E-state index is -0.144. The van der Waals surface area contributed by atoms with Gasteiger partial charge in [0.1, 0.15) is 6.10 Å². The molecule has 82 valence electrons. The quantitative estimate of drug-likeness (QED) is 0.441. The Kier molecular flexibility index (Phi) is 8.30. The van der Waals surface area contributed by atoms with E-state index in [1.54, 1.807) is 6.08 Å². The van der Waals surface area contributed by atoms with Gasteiger partial charge in [0, 0.05) is 0 Å². The van der Waals surface area contributed by atoms with E-state index >= 15 is 0 Å². The molecule has 0 aliphatic carbocycles. The van der Waals surface area contributed by atoms with E-state index in [4.69, 9.17) is 4.74 Å². The van der Waals surface area contributed by atoms with Gasteiger partial charge < -0.3 is 4.74 Å². The maximum atomic E-state index is 11.2. The largest absolute Gasteiger partial charge is 0.462 e. The van der Waals surface area contributed by atoms with E-state index < -0.39 is 0 Å². The van der Waals surface area contributed by atoms with Crippen molar-refractivity contribution >= 4 is 5.97 Å². The summed E-state index contributed by atoms with van der Waals surface area (Å²) in [5.74, 6) is -0.144. The fraction of sp³-hybridized carbons (Fsp3) is 0.750. The standard InChI is InChI=1S/C12H22O2/c1-4-7-10-11(8-5-2)14-12(13)9-6-3/h6,11H,3-5,7-10H2,1-2H3. The van der Waals surface area contributed by atoms with Gasteiger partial charge in [0.05, 0.1) is 6.42 Å². The zero-order valence-electron chi connectivity index (χ0n) is 9.42. The van der Waals surface area contributed by atoms with Gasteiger partial charge in [-0.2, -0.15) is 0 Å². The molecule has 1 unspecified atom stereocenters. The lowest BCUT2D eigenvalue weighted by Gasteiger charge is -2.16. The number of ether oxygens (including phenoxy) is 1. The van der Waals surface area contributed by atoms with Gasteiger partial charge in [-0.3, -0.25) is 4.79 Å². The highest BCUT2D eigenvalue weighted by Gasteiger charge is 2.11. The predicted molar refractivity (Wildman–Crippen MR) is 59.1 cm³/mol. The number of carbonyl (C=O) groups is 1. The maximum Gasteiger partial charge on any atom is 0.309 e. The molecule has 0 amide bonds. The molecule has 0 N–H and O–H groups in total. The lowest BCUT2D eigenvalue weighted by Crippen LogP contribution is -2.17. The van der Waals surface area contributed by atoms with Crippen LogP contribution < -0.4 is 0 Å². The summed E-state index contributed by atoms with van der Waals surface area (Å²) in [5.41, 5.74) is 0. The number of carbonyl (C=O) groups excluding carboxylic acids is 1. The van der Waals surface area contributed by atoms with Crippen LogP contribution in [-0.2, 0) is 9.53 Å². The average Bonchev–Trinajstić information content (AvgIpc) is 2.15. The lowest BCUT2D eigenvalue weighted by atomic mass is 10.1. The molecule has 2 heteroatoms. The summed E-state index contributed by atoms with van der Waals surface area (Å²) in [7, 11) is 0. The Balaban J connectivity index is 3.81. The molecule has 1 atom stereocenters. The van der Waals surface area contributed by atoms with E-state index in [0.717, 1.165) is 32.1 Å². The lowest BCUT2D eigenvalue weighted by molar-refractivity contribution is -0.148. The summed E-state index contributed by atoms with van der Waals surface area (Å²) in [6.07, 6.45) is 7.35. The molecule has 0 saturated carbocycles. The highest BCUT2D eigenvalue weighted by molar-refractivity contribution is 5.71. The van der Waals surface area contributed by atoms with Gasteiger partial charge in [-0.1, -0.05) is 39.2 Å². The Morgan fingerprint density at radius 2 is 2.07 bits per heavy atom. The second-order valence-electron chi connectivity index (χ2n) is 3.54. The minimum Gasteiger partial charge on any atom is -0.462 e. The molecule has 0 aromatic rings. The molecular formula is C12H22O2. The van der Waals surface area contributed by atoms with E-state index in [1.807, 2.05) is 0 Å². The molecule has 0 aromatic heterocycles. The van der Waals surface area contributed by atoms with Gasteiger partial charge in [0.2, 0.25) is 0 Å². The van der Waals surface area contributed by atoms with Crippen LogP contribution in [0.25, 0.3) is 0 Å². The zero-order valence-corrected chi connectivity index (χ0v) is 9.42. The van der Waals surface area contributed by atoms with Gasteiger partial charge in [0.15, 0.2) is 0 Å². The summed E-state index contributed by atoms with van der Waals surface area (Å²) >= 11 is 0. The Labute approximate surface area is 87.3 Å². The van der Waals surface area contributed by atoms with Gasteiger partial charge >= 0.3 is 5.97 Å². The van der Waals surface area contributed by atoms with E-state index in [1.165, 1.54) is 0 Å². The third kappa shape index (κ3) is 6.70.